The highest BCUT2D eigenvalue weighted by atomic mass is 32.1. The van der Waals surface area contributed by atoms with Gasteiger partial charge >= 0.3 is 5.97 Å². The molecule has 21 heavy (non-hydrogen) atoms. The number of hydrogen-bond donors (Lipinski definition) is 1. The van der Waals surface area contributed by atoms with Crippen LogP contribution >= 0.6 is 11.3 Å². The van der Waals surface area contributed by atoms with Crippen molar-refractivity contribution in [2.75, 3.05) is 0 Å². The number of aromatic nitrogens is 3. The van der Waals surface area contributed by atoms with Gasteiger partial charge in [-0.05, 0) is 24.3 Å². The van der Waals surface area contributed by atoms with Crippen molar-refractivity contribution < 1.29 is 9.90 Å². The minimum Gasteiger partial charge on any atom is -0.481 e. The van der Waals surface area contributed by atoms with Gasteiger partial charge in [0.15, 0.2) is 0 Å². The molecule has 0 spiro atoms. The van der Waals surface area contributed by atoms with Crippen molar-refractivity contribution in [2.45, 2.75) is 6.42 Å². The molecule has 0 bridgehead atoms. The Morgan fingerprint density at radius 3 is 2.57 bits per heavy atom. The number of carboxylic acid groups (broad SMARTS) is 1. The first kappa shape index (κ1) is 13.4. The Kier molecular flexibility index (Phi) is 3.70. The highest BCUT2D eigenvalue weighted by Gasteiger charge is 2.16. The van der Waals surface area contributed by atoms with Gasteiger partial charge in [-0.1, -0.05) is 0 Å². The summed E-state index contributed by atoms with van der Waals surface area (Å²) in [6.45, 7) is 0. The van der Waals surface area contributed by atoms with Crippen LogP contribution in [0.3, 0.4) is 0 Å². The summed E-state index contributed by atoms with van der Waals surface area (Å²) in [7, 11) is 0. The van der Waals surface area contributed by atoms with E-state index >= 15 is 0 Å². The quantitative estimate of drug-likeness (QED) is 0.801. The largest absolute Gasteiger partial charge is 0.481 e. The van der Waals surface area contributed by atoms with Crippen molar-refractivity contribution in [1.82, 2.24) is 15.0 Å². The molecule has 0 unspecified atom stereocenters. The third-order valence-electron chi connectivity index (χ3n) is 2.87. The number of thiazole rings is 1. The Morgan fingerprint density at radius 1 is 1.10 bits per heavy atom. The molecule has 3 aromatic heterocycles. The summed E-state index contributed by atoms with van der Waals surface area (Å²) in [5, 5.41) is 9.84. The predicted octanol–water partition coefficient (Wildman–Crippen LogP) is 2.89. The number of pyridine rings is 2. The van der Waals surface area contributed by atoms with Gasteiger partial charge in [-0.2, -0.15) is 0 Å². The molecule has 0 aromatic carbocycles. The van der Waals surface area contributed by atoms with E-state index in [0.29, 0.717) is 5.69 Å². The van der Waals surface area contributed by atoms with Crippen molar-refractivity contribution in [3.8, 4) is 21.8 Å². The monoisotopic (exact) mass is 297 g/mol. The van der Waals surface area contributed by atoms with Crippen LogP contribution in [0.15, 0.2) is 49.1 Å². The highest BCUT2D eigenvalue weighted by Crippen LogP contribution is 2.33. The van der Waals surface area contributed by atoms with Crippen molar-refractivity contribution >= 4 is 17.3 Å². The van der Waals surface area contributed by atoms with Crippen LogP contribution in [0.4, 0.5) is 0 Å². The maximum Gasteiger partial charge on any atom is 0.308 e. The van der Waals surface area contributed by atoms with Gasteiger partial charge in [0.2, 0.25) is 0 Å². The van der Waals surface area contributed by atoms with E-state index in [1.807, 2.05) is 24.3 Å². The maximum absolute atomic E-state index is 11.1. The summed E-state index contributed by atoms with van der Waals surface area (Å²) in [6, 6.07) is 7.40. The molecule has 0 amide bonds. The zero-order chi connectivity index (χ0) is 14.7. The Morgan fingerprint density at radius 2 is 1.90 bits per heavy atom. The third kappa shape index (κ3) is 2.95. The van der Waals surface area contributed by atoms with E-state index in [0.717, 1.165) is 21.0 Å². The second kappa shape index (κ2) is 5.80. The van der Waals surface area contributed by atoms with Crippen LogP contribution < -0.4 is 0 Å². The number of nitrogens with zero attached hydrogens (tertiary/aromatic N) is 3. The van der Waals surface area contributed by atoms with Gasteiger partial charge in [-0.3, -0.25) is 14.8 Å². The summed E-state index contributed by atoms with van der Waals surface area (Å²) < 4.78 is 0. The smallest absolute Gasteiger partial charge is 0.308 e. The standard InChI is InChI=1S/C15H11N3O2S/c19-13(20)8-12-14(10-3-6-16-7-4-10)18-15(21-12)11-2-1-5-17-9-11/h1-7,9H,8H2,(H,19,20). The van der Waals surface area contributed by atoms with Gasteiger partial charge in [0.05, 0.1) is 12.1 Å². The summed E-state index contributed by atoms with van der Waals surface area (Å²) in [5.41, 5.74) is 2.45. The lowest BCUT2D eigenvalue weighted by atomic mass is 10.1. The Hall–Kier alpha value is -2.60. The lowest BCUT2D eigenvalue weighted by Crippen LogP contribution is -1.99. The molecule has 104 valence electrons. The van der Waals surface area contributed by atoms with Gasteiger partial charge in [0, 0.05) is 40.8 Å². The van der Waals surface area contributed by atoms with Crippen LogP contribution in [-0.4, -0.2) is 26.0 Å². The van der Waals surface area contributed by atoms with E-state index in [-0.39, 0.29) is 6.42 Å². The first-order valence-electron chi connectivity index (χ1n) is 6.26. The minimum atomic E-state index is -0.869. The van der Waals surface area contributed by atoms with Crippen molar-refractivity contribution in [2.24, 2.45) is 0 Å². The molecule has 0 fully saturated rings. The van der Waals surface area contributed by atoms with Crippen LogP contribution in [-0.2, 0) is 11.2 Å². The van der Waals surface area contributed by atoms with Crippen molar-refractivity contribution in [1.29, 1.82) is 0 Å². The molecule has 0 aliphatic carbocycles. The molecule has 3 rings (SSSR count). The van der Waals surface area contributed by atoms with E-state index in [2.05, 4.69) is 15.0 Å². The third-order valence-corrected chi connectivity index (χ3v) is 3.98. The fraction of sp³-hybridized carbons (Fsp3) is 0.0667. The van der Waals surface area contributed by atoms with Crippen molar-refractivity contribution in [3.63, 3.8) is 0 Å². The number of aliphatic carboxylic acids is 1. The molecule has 0 radical (unpaired) electrons. The summed E-state index contributed by atoms with van der Waals surface area (Å²) in [5.74, 6) is -0.869. The Bertz CT molecular complexity index is 757. The molecule has 0 aliphatic rings. The van der Waals surface area contributed by atoms with Gasteiger partial charge in [0.1, 0.15) is 5.01 Å². The fourth-order valence-corrected chi connectivity index (χ4v) is 3.02. The summed E-state index contributed by atoms with van der Waals surface area (Å²) in [6.07, 6.45) is 6.71. The van der Waals surface area contributed by atoms with Crippen LogP contribution in [0.5, 0.6) is 0 Å². The van der Waals surface area contributed by atoms with Crippen molar-refractivity contribution in [3.05, 3.63) is 53.9 Å². The van der Waals surface area contributed by atoms with Crippen LogP contribution in [0.1, 0.15) is 4.88 Å². The molecule has 5 nitrogen and oxygen atoms in total. The summed E-state index contributed by atoms with van der Waals surface area (Å²) >= 11 is 1.38. The Balaban J connectivity index is 2.10. The topological polar surface area (TPSA) is 76.0 Å². The van der Waals surface area contributed by atoms with Crippen LogP contribution in [0.25, 0.3) is 21.8 Å². The van der Waals surface area contributed by atoms with E-state index in [1.165, 1.54) is 11.3 Å². The first-order chi connectivity index (χ1) is 10.2. The maximum atomic E-state index is 11.1. The number of hydrogen-bond acceptors (Lipinski definition) is 5. The second-order valence-electron chi connectivity index (χ2n) is 4.34. The zero-order valence-corrected chi connectivity index (χ0v) is 11.7. The van der Waals surface area contributed by atoms with Crippen LogP contribution in [0, 0.1) is 0 Å². The van der Waals surface area contributed by atoms with E-state index < -0.39 is 5.97 Å². The van der Waals surface area contributed by atoms with Gasteiger partial charge in [-0.25, -0.2) is 4.98 Å². The average Bonchev–Trinajstić information content (AvgIpc) is 2.92. The first-order valence-corrected chi connectivity index (χ1v) is 7.08. The molecule has 3 heterocycles. The van der Waals surface area contributed by atoms with Gasteiger partial charge in [-0.15, -0.1) is 11.3 Å². The minimum absolute atomic E-state index is 0.0460. The molecular formula is C15H11N3O2S. The molecule has 0 saturated carbocycles. The number of rotatable bonds is 4. The summed E-state index contributed by atoms with van der Waals surface area (Å²) in [4.78, 5) is 24.4. The SMILES string of the molecule is O=C(O)Cc1sc(-c2cccnc2)nc1-c1ccncc1. The lowest BCUT2D eigenvalue weighted by molar-refractivity contribution is -0.136. The molecular weight excluding hydrogens is 286 g/mol. The van der Waals surface area contributed by atoms with E-state index in [4.69, 9.17) is 5.11 Å². The van der Waals surface area contributed by atoms with E-state index in [1.54, 1.807) is 24.8 Å². The average molecular weight is 297 g/mol. The second-order valence-corrected chi connectivity index (χ2v) is 5.42. The molecule has 3 aromatic rings. The van der Waals surface area contributed by atoms with Gasteiger partial charge in [0.25, 0.3) is 0 Å². The highest BCUT2D eigenvalue weighted by molar-refractivity contribution is 7.15. The van der Waals surface area contributed by atoms with Crippen LogP contribution in [0.2, 0.25) is 0 Å². The lowest BCUT2D eigenvalue weighted by Gasteiger charge is -1.99. The molecule has 0 aliphatic heterocycles. The Labute approximate surface area is 125 Å². The molecule has 1 N–H and O–H groups in total. The normalized spacial score (nSPS) is 10.5. The predicted molar refractivity (Wildman–Crippen MR) is 79.9 cm³/mol. The molecule has 0 atom stereocenters. The van der Waals surface area contributed by atoms with Gasteiger partial charge < -0.3 is 5.11 Å². The fourth-order valence-electron chi connectivity index (χ4n) is 1.96. The molecule has 6 heteroatoms. The van der Waals surface area contributed by atoms with E-state index in [9.17, 15) is 4.79 Å². The molecule has 0 saturated heterocycles. The number of carbonyl (C=O) groups is 1. The number of carboxylic acids is 1. The zero-order valence-electron chi connectivity index (χ0n) is 10.9.